The second-order valence-corrected chi connectivity index (χ2v) is 5.92. The summed E-state index contributed by atoms with van der Waals surface area (Å²) >= 11 is 1.37. The van der Waals surface area contributed by atoms with Gasteiger partial charge in [0.05, 0.1) is 11.3 Å². The summed E-state index contributed by atoms with van der Waals surface area (Å²) in [6.07, 6.45) is 1.65. The molecule has 7 nitrogen and oxygen atoms in total. The van der Waals surface area contributed by atoms with Crippen molar-refractivity contribution in [3.63, 3.8) is 0 Å². The minimum Gasteiger partial charge on any atom is -0.277 e. The largest absolute Gasteiger partial charge is 0.278 e. The van der Waals surface area contributed by atoms with Crippen molar-refractivity contribution in [2.75, 3.05) is 0 Å². The smallest absolute Gasteiger partial charge is 0.277 e. The maximum absolute atomic E-state index is 12.4. The van der Waals surface area contributed by atoms with Gasteiger partial charge in [-0.15, -0.1) is 15.3 Å². The molecule has 0 N–H and O–H groups in total. The van der Waals surface area contributed by atoms with Crippen molar-refractivity contribution >= 4 is 22.7 Å². The second-order valence-electron chi connectivity index (χ2n) is 5.00. The number of aromatic nitrogens is 6. The van der Waals surface area contributed by atoms with Crippen LogP contribution in [0.2, 0.25) is 0 Å². The zero-order valence-electron chi connectivity index (χ0n) is 12.5. The van der Waals surface area contributed by atoms with E-state index in [9.17, 15) is 4.79 Å². The summed E-state index contributed by atoms with van der Waals surface area (Å²) in [4.78, 5) is 12.4. The average Bonchev–Trinajstić information content (AvgIpc) is 3.11. The quantitative estimate of drug-likeness (QED) is 0.531. The molecule has 0 amide bonds. The van der Waals surface area contributed by atoms with Crippen molar-refractivity contribution in [1.82, 2.24) is 29.8 Å². The van der Waals surface area contributed by atoms with E-state index >= 15 is 0 Å². The lowest BCUT2D eigenvalue weighted by atomic mass is 10.2. The third kappa shape index (κ3) is 2.67. The molecule has 0 unspecified atom stereocenters. The molecule has 0 saturated heterocycles. The third-order valence-corrected chi connectivity index (χ3v) is 4.41. The van der Waals surface area contributed by atoms with Gasteiger partial charge in [0.2, 0.25) is 0 Å². The van der Waals surface area contributed by atoms with Crippen molar-refractivity contribution in [1.29, 1.82) is 0 Å². The highest BCUT2D eigenvalue weighted by atomic mass is 32.2. The second kappa shape index (κ2) is 6.25. The van der Waals surface area contributed by atoms with Crippen LogP contribution in [0.3, 0.4) is 0 Å². The van der Waals surface area contributed by atoms with Gasteiger partial charge >= 0.3 is 0 Å². The molecule has 2 aromatic carbocycles. The molecule has 0 aliphatic rings. The maximum atomic E-state index is 12.4. The Hall–Kier alpha value is -3.00. The SMILES string of the molecule is O=c1c2ccccc2nnn1CSc1nncn1-c1ccccc1. The van der Waals surface area contributed by atoms with E-state index in [2.05, 4.69) is 20.5 Å². The number of hydrogen-bond donors (Lipinski definition) is 0. The van der Waals surface area contributed by atoms with Gasteiger partial charge in [-0.1, -0.05) is 47.3 Å². The van der Waals surface area contributed by atoms with Crippen LogP contribution in [0, 0.1) is 0 Å². The number of thioether (sulfide) groups is 1. The summed E-state index contributed by atoms with van der Waals surface area (Å²) in [5.74, 6) is 0.308. The lowest BCUT2D eigenvalue weighted by Crippen LogP contribution is -2.23. The Morgan fingerprint density at radius 1 is 0.958 bits per heavy atom. The first-order valence-corrected chi connectivity index (χ1v) is 8.22. The van der Waals surface area contributed by atoms with Crippen LogP contribution in [-0.2, 0) is 5.88 Å². The van der Waals surface area contributed by atoms with E-state index in [1.54, 1.807) is 18.5 Å². The number of benzene rings is 2. The predicted octanol–water partition coefficient (Wildman–Crippen LogP) is 2.12. The van der Waals surface area contributed by atoms with Gasteiger partial charge in [-0.25, -0.2) is 0 Å². The van der Waals surface area contributed by atoms with Gasteiger partial charge < -0.3 is 0 Å². The molecule has 0 saturated carbocycles. The number of rotatable bonds is 4. The monoisotopic (exact) mass is 336 g/mol. The van der Waals surface area contributed by atoms with E-state index in [0.29, 0.717) is 21.9 Å². The molecule has 24 heavy (non-hydrogen) atoms. The lowest BCUT2D eigenvalue weighted by molar-refractivity contribution is 0.643. The fraction of sp³-hybridized carbons (Fsp3) is 0.0625. The summed E-state index contributed by atoms with van der Waals surface area (Å²) in [6, 6.07) is 16.9. The van der Waals surface area contributed by atoms with E-state index < -0.39 is 0 Å². The highest BCUT2D eigenvalue weighted by Gasteiger charge is 2.10. The molecule has 0 spiro atoms. The minimum absolute atomic E-state index is 0.168. The first-order chi connectivity index (χ1) is 11.8. The fourth-order valence-corrected chi connectivity index (χ4v) is 3.12. The Morgan fingerprint density at radius 3 is 2.62 bits per heavy atom. The summed E-state index contributed by atoms with van der Waals surface area (Å²) in [7, 11) is 0. The molecule has 8 heteroatoms. The van der Waals surface area contributed by atoms with Crippen molar-refractivity contribution in [2.45, 2.75) is 11.0 Å². The van der Waals surface area contributed by atoms with Crippen LogP contribution in [0.5, 0.6) is 0 Å². The average molecular weight is 336 g/mol. The summed E-state index contributed by atoms with van der Waals surface area (Å²) in [5.41, 5.74) is 1.39. The van der Waals surface area contributed by atoms with E-state index in [0.717, 1.165) is 5.69 Å². The molecule has 0 aliphatic carbocycles. The van der Waals surface area contributed by atoms with E-state index in [4.69, 9.17) is 0 Å². The highest BCUT2D eigenvalue weighted by Crippen LogP contribution is 2.20. The maximum Gasteiger partial charge on any atom is 0.278 e. The van der Waals surface area contributed by atoms with Gasteiger partial charge in [0, 0.05) is 5.69 Å². The Balaban J connectivity index is 1.62. The molecule has 2 heterocycles. The first-order valence-electron chi connectivity index (χ1n) is 7.24. The summed E-state index contributed by atoms with van der Waals surface area (Å²) in [5, 5.41) is 17.4. The van der Waals surface area contributed by atoms with Crippen molar-refractivity contribution in [3.8, 4) is 5.69 Å². The van der Waals surface area contributed by atoms with Crippen LogP contribution in [0.1, 0.15) is 0 Å². The van der Waals surface area contributed by atoms with Gasteiger partial charge in [-0.3, -0.25) is 9.36 Å². The van der Waals surface area contributed by atoms with Crippen LogP contribution < -0.4 is 5.56 Å². The summed E-state index contributed by atoms with van der Waals surface area (Å²) in [6.45, 7) is 0. The fourth-order valence-electron chi connectivity index (χ4n) is 2.32. The predicted molar refractivity (Wildman–Crippen MR) is 91.0 cm³/mol. The minimum atomic E-state index is -0.168. The number of para-hydroxylation sites is 1. The molecule has 0 radical (unpaired) electrons. The zero-order chi connectivity index (χ0) is 16.4. The standard InChI is InChI=1S/C16H12N6OS/c23-15-13-8-4-5-9-14(13)18-20-22(15)11-24-16-19-17-10-21(16)12-6-2-1-3-7-12/h1-10H,11H2. The van der Waals surface area contributed by atoms with Gasteiger partial charge in [-0.05, 0) is 24.3 Å². The number of nitrogens with zero attached hydrogens (tertiary/aromatic N) is 6. The highest BCUT2D eigenvalue weighted by molar-refractivity contribution is 7.98. The zero-order valence-corrected chi connectivity index (χ0v) is 13.3. The molecular weight excluding hydrogens is 324 g/mol. The summed E-state index contributed by atoms with van der Waals surface area (Å²) < 4.78 is 3.20. The van der Waals surface area contributed by atoms with Crippen LogP contribution >= 0.6 is 11.8 Å². The van der Waals surface area contributed by atoms with Crippen molar-refractivity contribution in [2.24, 2.45) is 0 Å². The van der Waals surface area contributed by atoms with E-state index in [-0.39, 0.29) is 5.56 Å². The van der Waals surface area contributed by atoms with E-state index in [1.807, 2.05) is 47.0 Å². The Labute approximate surface area is 141 Å². The number of fused-ring (bicyclic) bond motifs is 1. The van der Waals surface area contributed by atoms with Gasteiger partial charge in [-0.2, -0.15) is 4.68 Å². The van der Waals surface area contributed by atoms with Gasteiger partial charge in [0.25, 0.3) is 5.56 Å². The molecule has 0 atom stereocenters. The topological polar surface area (TPSA) is 78.5 Å². The molecular formula is C16H12N6OS. The van der Waals surface area contributed by atoms with E-state index in [1.165, 1.54) is 16.4 Å². The molecule has 4 rings (SSSR count). The first kappa shape index (κ1) is 14.6. The van der Waals surface area contributed by atoms with Crippen LogP contribution in [0.4, 0.5) is 0 Å². The molecule has 2 aromatic heterocycles. The van der Waals surface area contributed by atoms with Crippen molar-refractivity contribution in [3.05, 3.63) is 71.3 Å². The molecule has 0 bridgehead atoms. The normalized spacial score (nSPS) is 11.0. The third-order valence-electron chi connectivity index (χ3n) is 3.50. The Morgan fingerprint density at radius 2 is 1.75 bits per heavy atom. The molecule has 0 aliphatic heterocycles. The Bertz CT molecular complexity index is 1040. The van der Waals surface area contributed by atoms with Gasteiger partial charge in [0.15, 0.2) is 5.16 Å². The molecule has 0 fully saturated rings. The van der Waals surface area contributed by atoms with Crippen LogP contribution in [0.15, 0.2) is 70.9 Å². The lowest BCUT2D eigenvalue weighted by Gasteiger charge is -2.07. The van der Waals surface area contributed by atoms with Crippen molar-refractivity contribution < 1.29 is 0 Å². The Kier molecular flexibility index (Phi) is 3.80. The molecule has 4 aromatic rings. The van der Waals surface area contributed by atoms with Crippen LogP contribution in [0.25, 0.3) is 16.6 Å². The number of hydrogen-bond acceptors (Lipinski definition) is 6. The van der Waals surface area contributed by atoms with Gasteiger partial charge in [0.1, 0.15) is 11.8 Å². The van der Waals surface area contributed by atoms with Crippen LogP contribution in [-0.4, -0.2) is 29.8 Å². The molecule has 118 valence electrons.